The Labute approximate surface area is 156 Å². The molecular formula is C18H22ClN5O2. The molecule has 26 heavy (non-hydrogen) atoms. The zero-order valence-corrected chi connectivity index (χ0v) is 15.9. The number of pyridine rings is 1. The van der Waals surface area contributed by atoms with Gasteiger partial charge in [0.1, 0.15) is 17.4 Å². The fraction of sp³-hybridized carbons (Fsp3) is 0.444. The van der Waals surface area contributed by atoms with Gasteiger partial charge in [-0.3, -0.25) is 4.68 Å². The molecule has 0 saturated carbocycles. The van der Waals surface area contributed by atoms with Crippen LogP contribution in [0.4, 0.5) is 0 Å². The quantitative estimate of drug-likeness (QED) is 0.742. The lowest BCUT2D eigenvalue weighted by Crippen LogP contribution is -2.16. The lowest BCUT2D eigenvalue weighted by molar-refractivity contribution is 0.142. The molecule has 0 bridgehead atoms. The minimum atomic E-state index is 0.0321. The first-order valence-corrected chi connectivity index (χ1v) is 9.05. The fourth-order valence-corrected chi connectivity index (χ4v) is 3.63. The Morgan fingerprint density at radius 1 is 1.46 bits per heavy atom. The highest BCUT2D eigenvalue weighted by Crippen LogP contribution is 2.34. The van der Waals surface area contributed by atoms with Gasteiger partial charge in [0.05, 0.1) is 35.8 Å². The van der Waals surface area contributed by atoms with E-state index in [9.17, 15) is 0 Å². The predicted octanol–water partition coefficient (Wildman–Crippen LogP) is 2.58. The summed E-state index contributed by atoms with van der Waals surface area (Å²) in [6.45, 7) is 4.16. The minimum absolute atomic E-state index is 0.0321. The Hall–Kier alpha value is -2.09. The molecule has 3 aromatic heterocycles. The lowest BCUT2D eigenvalue weighted by atomic mass is 10.1. The van der Waals surface area contributed by atoms with E-state index >= 15 is 0 Å². The maximum atomic E-state index is 6.34. The first kappa shape index (κ1) is 17.3. The largest absolute Gasteiger partial charge is 0.486 e. The van der Waals surface area contributed by atoms with Crippen molar-refractivity contribution in [3.05, 3.63) is 34.7 Å². The van der Waals surface area contributed by atoms with Crippen molar-refractivity contribution >= 4 is 17.1 Å². The Kier molecular flexibility index (Phi) is 4.60. The summed E-state index contributed by atoms with van der Waals surface area (Å²) in [6.07, 6.45) is 4.48. The van der Waals surface area contributed by atoms with E-state index in [0.29, 0.717) is 17.4 Å². The Balaban J connectivity index is 1.82. The zero-order chi connectivity index (χ0) is 18.3. The van der Waals surface area contributed by atoms with Crippen LogP contribution in [0.15, 0.2) is 18.5 Å². The number of fused-ring (bicyclic) bond motifs is 1. The van der Waals surface area contributed by atoms with Gasteiger partial charge in [0.25, 0.3) is 0 Å². The van der Waals surface area contributed by atoms with Crippen LogP contribution in [0.25, 0.3) is 16.8 Å². The van der Waals surface area contributed by atoms with E-state index in [1.807, 2.05) is 31.0 Å². The van der Waals surface area contributed by atoms with Gasteiger partial charge in [-0.05, 0) is 25.6 Å². The highest BCUT2D eigenvalue weighted by atomic mass is 35.5. The third-order valence-corrected chi connectivity index (χ3v) is 5.04. The smallest absolute Gasteiger partial charge is 0.147 e. The molecule has 1 aliphatic rings. The van der Waals surface area contributed by atoms with Crippen LogP contribution in [0.1, 0.15) is 17.7 Å². The standard InChI is InChI=1S/C18H22ClN5O2/c1-11-15(8-20-2)23(3)22-17(11)12-6-16(26-13-4-5-25-10-13)18-14(19)7-21-24(18)9-12/h6-7,9,13,20H,4-5,8,10H2,1-3H3. The second-order valence-corrected chi connectivity index (χ2v) is 6.96. The average Bonchev–Trinajstić information content (AvgIpc) is 3.32. The number of ether oxygens (including phenoxy) is 2. The first-order chi connectivity index (χ1) is 12.6. The molecule has 0 spiro atoms. The van der Waals surface area contributed by atoms with Crippen LogP contribution in [0.2, 0.25) is 5.02 Å². The molecule has 0 amide bonds. The van der Waals surface area contributed by atoms with Crippen LogP contribution < -0.4 is 10.1 Å². The van der Waals surface area contributed by atoms with Crippen molar-refractivity contribution in [2.24, 2.45) is 7.05 Å². The van der Waals surface area contributed by atoms with Gasteiger partial charge in [-0.1, -0.05) is 11.6 Å². The summed E-state index contributed by atoms with van der Waals surface area (Å²) in [4.78, 5) is 0. The SMILES string of the molecule is CNCc1c(C)c(-c2cc(OC3CCOC3)c3c(Cl)cnn3c2)nn1C. The van der Waals surface area contributed by atoms with Gasteiger partial charge < -0.3 is 14.8 Å². The zero-order valence-electron chi connectivity index (χ0n) is 15.1. The second kappa shape index (κ2) is 6.90. The van der Waals surface area contributed by atoms with E-state index < -0.39 is 0 Å². The molecule has 3 aromatic rings. The van der Waals surface area contributed by atoms with Crippen molar-refractivity contribution in [2.75, 3.05) is 20.3 Å². The summed E-state index contributed by atoms with van der Waals surface area (Å²) >= 11 is 6.34. The van der Waals surface area contributed by atoms with Crippen LogP contribution in [0.5, 0.6) is 5.75 Å². The van der Waals surface area contributed by atoms with E-state index in [-0.39, 0.29) is 6.10 Å². The van der Waals surface area contributed by atoms with Gasteiger partial charge in [-0.2, -0.15) is 10.2 Å². The summed E-state index contributed by atoms with van der Waals surface area (Å²) in [6, 6.07) is 2.00. The molecule has 1 unspecified atom stereocenters. The molecular weight excluding hydrogens is 354 g/mol. The van der Waals surface area contributed by atoms with E-state index in [1.54, 1.807) is 10.7 Å². The van der Waals surface area contributed by atoms with E-state index in [1.165, 1.54) is 0 Å². The Morgan fingerprint density at radius 2 is 2.31 bits per heavy atom. The van der Waals surface area contributed by atoms with Gasteiger partial charge in [-0.25, -0.2) is 4.52 Å². The number of halogens is 1. The van der Waals surface area contributed by atoms with Gasteiger partial charge in [0.15, 0.2) is 0 Å². The monoisotopic (exact) mass is 375 g/mol. The van der Waals surface area contributed by atoms with Crippen LogP contribution in [-0.2, 0) is 18.3 Å². The third-order valence-electron chi connectivity index (χ3n) is 4.76. The number of rotatable bonds is 5. The molecule has 0 aliphatic carbocycles. The van der Waals surface area contributed by atoms with Crippen molar-refractivity contribution in [3.8, 4) is 17.0 Å². The van der Waals surface area contributed by atoms with E-state index in [2.05, 4.69) is 17.3 Å². The third kappa shape index (κ3) is 2.96. The molecule has 1 N–H and O–H groups in total. The number of aryl methyl sites for hydroxylation is 1. The first-order valence-electron chi connectivity index (χ1n) is 8.67. The van der Waals surface area contributed by atoms with Crippen molar-refractivity contribution < 1.29 is 9.47 Å². The van der Waals surface area contributed by atoms with Gasteiger partial charge in [0.2, 0.25) is 0 Å². The number of hydrogen-bond acceptors (Lipinski definition) is 5. The molecule has 8 heteroatoms. The normalized spacial score (nSPS) is 17.3. The molecule has 0 aromatic carbocycles. The number of aromatic nitrogens is 4. The molecule has 0 radical (unpaired) electrons. The van der Waals surface area contributed by atoms with Crippen LogP contribution in [0, 0.1) is 6.92 Å². The average molecular weight is 376 g/mol. The van der Waals surface area contributed by atoms with E-state index in [4.69, 9.17) is 26.2 Å². The maximum Gasteiger partial charge on any atom is 0.147 e. The summed E-state index contributed by atoms with van der Waals surface area (Å²) in [5.41, 5.74) is 4.91. The molecule has 1 atom stereocenters. The van der Waals surface area contributed by atoms with Crippen molar-refractivity contribution in [1.82, 2.24) is 24.7 Å². The maximum absolute atomic E-state index is 6.34. The fourth-order valence-electron chi connectivity index (χ4n) is 3.41. The molecule has 138 valence electrons. The molecule has 1 fully saturated rings. The predicted molar refractivity (Wildman–Crippen MR) is 99.8 cm³/mol. The lowest BCUT2D eigenvalue weighted by Gasteiger charge is -2.14. The number of hydrogen-bond donors (Lipinski definition) is 1. The highest BCUT2D eigenvalue weighted by Gasteiger charge is 2.22. The van der Waals surface area contributed by atoms with Gasteiger partial charge in [0, 0.05) is 31.8 Å². The Bertz CT molecular complexity index is 943. The summed E-state index contributed by atoms with van der Waals surface area (Å²) in [7, 11) is 3.89. The highest BCUT2D eigenvalue weighted by molar-refractivity contribution is 6.34. The molecule has 1 aliphatic heterocycles. The molecule has 7 nitrogen and oxygen atoms in total. The topological polar surface area (TPSA) is 65.6 Å². The van der Waals surface area contributed by atoms with Crippen molar-refractivity contribution in [2.45, 2.75) is 26.0 Å². The van der Waals surface area contributed by atoms with Crippen LogP contribution >= 0.6 is 11.6 Å². The Morgan fingerprint density at radius 3 is 3.04 bits per heavy atom. The summed E-state index contributed by atoms with van der Waals surface area (Å²) < 4.78 is 15.3. The molecule has 4 rings (SSSR count). The second-order valence-electron chi connectivity index (χ2n) is 6.56. The number of nitrogens with zero attached hydrogens (tertiary/aromatic N) is 4. The van der Waals surface area contributed by atoms with Crippen LogP contribution in [-0.4, -0.2) is 45.8 Å². The van der Waals surface area contributed by atoms with Gasteiger partial charge >= 0.3 is 0 Å². The van der Waals surface area contributed by atoms with Crippen molar-refractivity contribution in [3.63, 3.8) is 0 Å². The summed E-state index contributed by atoms with van der Waals surface area (Å²) in [5.74, 6) is 0.709. The van der Waals surface area contributed by atoms with Gasteiger partial charge in [-0.15, -0.1) is 0 Å². The molecule has 4 heterocycles. The van der Waals surface area contributed by atoms with Crippen LogP contribution in [0.3, 0.4) is 0 Å². The molecule has 1 saturated heterocycles. The van der Waals surface area contributed by atoms with E-state index in [0.717, 1.165) is 47.6 Å². The van der Waals surface area contributed by atoms with Crippen molar-refractivity contribution in [1.29, 1.82) is 0 Å². The summed E-state index contributed by atoms with van der Waals surface area (Å²) in [5, 5.41) is 12.8. The number of nitrogens with one attached hydrogen (secondary N) is 1. The minimum Gasteiger partial charge on any atom is -0.486 e.